The molecule has 2 atom stereocenters. The standard InChI is InChI=1S/C25H27ClN4O5/c1-15(22(31)32)16(2)30-24(33)28-23(29(25(30)34)14-17-6-8-18(26)9-7-17)27-19-10-12-21(13-11-19)35-20-4-3-5-20/h6-13,15-16,20H,3-5,14H2,1-2H3,(H,31,32)(H,27,28,33)/t15-,16+/m1/s1. The summed E-state index contributed by atoms with van der Waals surface area (Å²) in [5.74, 6) is -1.32. The minimum absolute atomic E-state index is 0.0500. The number of aromatic nitrogens is 3. The van der Waals surface area contributed by atoms with Gasteiger partial charge in [-0.3, -0.25) is 14.3 Å². The van der Waals surface area contributed by atoms with Crippen LogP contribution in [0.15, 0.2) is 63.1 Å². The predicted molar refractivity (Wildman–Crippen MR) is 131 cm³/mol. The summed E-state index contributed by atoms with van der Waals surface area (Å²) in [7, 11) is 0. The monoisotopic (exact) mass is 498 g/mol. The molecule has 9 nitrogen and oxygen atoms in total. The number of carboxylic acids is 1. The van der Waals surface area contributed by atoms with Gasteiger partial charge >= 0.3 is 17.3 Å². The van der Waals surface area contributed by atoms with Crippen molar-refractivity contribution in [2.75, 3.05) is 0 Å². The second kappa shape index (κ2) is 10.4. The summed E-state index contributed by atoms with van der Waals surface area (Å²) in [6.07, 6.45) is 3.52. The maximum atomic E-state index is 13.5. The van der Waals surface area contributed by atoms with Crippen LogP contribution in [-0.4, -0.2) is 31.3 Å². The van der Waals surface area contributed by atoms with Gasteiger partial charge in [0, 0.05) is 5.02 Å². The van der Waals surface area contributed by atoms with E-state index in [4.69, 9.17) is 16.3 Å². The van der Waals surface area contributed by atoms with Crippen molar-refractivity contribution >= 4 is 23.3 Å². The van der Waals surface area contributed by atoms with Crippen molar-refractivity contribution in [3.05, 3.63) is 85.7 Å². The fourth-order valence-corrected chi connectivity index (χ4v) is 3.85. The Morgan fingerprint density at radius 3 is 2.37 bits per heavy atom. The molecular weight excluding hydrogens is 472 g/mol. The first-order valence-electron chi connectivity index (χ1n) is 11.5. The normalized spacial score (nSPS) is 15.9. The summed E-state index contributed by atoms with van der Waals surface area (Å²) in [4.78, 5) is 45.0. The van der Waals surface area contributed by atoms with Gasteiger partial charge in [-0.15, -0.1) is 0 Å². The Bertz CT molecular complexity index is 1390. The van der Waals surface area contributed by atoms with Crippen molar-refractivity contribution in [3.63, 3.8) is 0 Å². The zero-order valence-corrected chi connectivity index (χ0v) is 20.2. The van der Waals surface area contributed by atoms with Crippen molar-refractivity contribution in [1.29, 1.82) is 0 Å². The summed E-state index contributed by atoms with van der Waals surface area (Å²) in [5, 5.41) is 9.95. The van der Waals surface area contributed by atoms with Crippen molar-refractivity contribution in [1.82, 2.24) is 14.1 Å². The van der Waals surface area contributed by atoms with Gasteiger partial charge in [-0.05, 0) is 75.1 Å². The molecule has 1 heterocycles. The zero-order valence-electron chi connectivity index (χ0n) is 19.5. The van der Waals surface area contributed by atoms with Crippen LogP contribution < -0.4 is 21.7 Å². The first kappa shape index (κ1) is 24.5. The molecule has 1 aliphatic carbocycles. The van der Waals surface area contributed by atoms with Crippen LogP contribution in [0.4, 0.5) is 5.69 Å². The van der Waals surface area contributed by atoms with E-state index in [2.05, 4.69) is 9.98 Å². The molecule has 0 bridgehead atoms. The molecule has 1 fully saturated rings. The molecule has 3 aromatic rings. The molecule has 0 aliphatic heterocycles. The third kappa shape index (κ3) is 5.57. The van der Waals surface area contributed by atoms with Crippen LogP contribution in [0, 0.1) is 5.92 Å². The SMILES string of the molecule is C[C@@H](C(=O)O)[C@H](C)n1c(=O)[nH]/c(=N\c2ccc(OC3CCC3)cc2)n(Cc2ccc(Cl)cc2)c1=O. The summed E-state index contributed by atoms with van der Waals surface area (Å²) in [6, 6.07) is 13.2. The van der Waals surface area contributed by atoms with Gasteiger partial charge in [0.05, 0.1) is 30.3 Å². The Morgan fingerprint density at radius 1 is 1.14 bits per heavy atom. The lowest BCUT2D eigenvalue weighted by atomic mass is 9.96. The maximum Gasteiger partial charge on any atom is 0.335 e. The van der Waals surface area contributed by atoms with E-state index in [0.29, 0.717) is 10.7 Å². The van der Waals surface area contributed by atoms with E-state index in [9.17, 15) is 19.5 Å². The average molecular weight is 499 g/mol. The molecule has 0 amide bonds. The van der Waals surface area contributed by atoms with Gasteiger partial charge in [0.1, 0.15) is 5.75 Å². The number of H-pyrrole nitrogens is 1. The molecule has 0 saturated heterocycles. The Morgan fingerprint density at radius 2 is 1.80 bits per heavy atom. The molecule has 0 radical (unpaired) electrons. The maximum absolute atomic E-state index is 13.5. The number of hydrogen-bond acceptors (Lipinski definition) is 5. The summed E-state index contributed by atoms with van der Waals surface area (Å²) >= 11 is 5.99. The van der Waals surface area contributed by atoms with E-state index in [1.54, 1.807) is 48.5 Å². The van der Waals surface area contributed by atoms with Crippen LogP contribution in [-0.2, 0) is 11.3 Å². The summed E-state index contributed by atoms with van der Waals surface area (Å²) < 4.78 is 8.11. The summed E-state index contributed by atoms with van der Waals surface area (Å²) in [6.45, 7) is 3.08. The number of ether oxygens (including phenoxy) is 1. The van der Waals surface area contributed by atoms with Gasteiger partial charge in [-0.25, -0.2) is 19.1 Å². The number of carboxylic acid groups (broad SMARTS) is 1. The minimum Gasteiger partial charge on any atom is -0.490 e. The molecule has 0 spiro atoms. The van der Waals surface area contributed by atoms with E-state index < -0.39 is 29.3 Å². The van der Waals surface area contributed by atoms with Gasteiger partial charge in [0.15, 0.2) is 0 Å². The fourth-order valence-electron chi connectivity index (χ4n) is 3.73. The highest BCUT2D eigenvalue weighted by Gasteiger charge is 2.25. The molecule has 2 aromatic carbocycles. The van der Waals surface area contributed by atoms with Gasteiger partial charge in [-0.2, -0.15) is 0 Å². The lowest BCUT2D eigenvalue weighted by Crippen LogP contribution is -2.52. The second-order valence-electron chi connectivity index (χ2n) is 8.76. The number of rotatable bonds is 8. The van der Waals surface area contributed by atoms with Crippen LogP contribution >= 0.6 is 11.6 Å². The Hall–Kier alpha value is -3.59. The number of aliphatic carboxylic acids is 1. The lowest BCUT2D eigenvalue weighted by Gasteiger charge is -2.26. The van der Waals surface area contributed by atoms with Crippen molar-refractivity contribution in [3.8, 4) is 5.75 Å². The van der Waals surface area contributed by atoms with Gasteiger partial charge in [-0.1, -0.05) is 23.7 Å². The minimum atomic E-state index is -1.11. The number of nitrogens with one attached hydrogen (secondary N) is 1. The average Bonchev–Trinajstić information content (AvgIpc) is 2.80. The quantitative estimate of drug-likeness (QED) is 0.493. The Labute approximate surface area is 206 Å². The number of carbonyl (C=O) groups is 1. The number of hydrogen-bond donors (Lipinski definition) is 2. The molecule has 1 aromatic heterocycles. The van der Waals surface area contributed by atoms with E-state index in [0.717, 1.165) is 28.7 Å². The summed E-state index contributed by atoms with van der Waals surface area (Å²) in [5.41, 5.74) is -0.0565. The van der Waals surface area contributed by atoms with Gasteiger partial charge in [0.25, 0.3) is 0 Å². The van der Waals surface area contributed by atoms with Gasteiger partial charge < -0.3 is 9.84 Å². The van der Waals surface area contributed by atoms with Crippen LogP contribution in [0.25, 0.3) is 0 Å². The highest BCUT2D eigenvalue weighted by Crippen LogP contribution is 2.26. The number of halogens is 1. The molecule has 35 heavy (non-hydrogen) atoms. The molecule has 184 valence electrons. The van der Waals surface area contributed by atoms with Crippen LogP contribution in [0.3, 0.4) is 0 Å². The highest BCUT2D eigenvalue weighted by molar-refractivity contribution is 6.30. The van der Waals surface area contributed by atoms with Crippen LogP contribution in [0.1, 0.15) is 44.7 Å². The Kier molecular flexibility index (Phi) is 7.25. The van der Waals surface area contributed by atoms with Crippen molar-refractivity contribution in [2.45, 2.75) is 51.8 Å². The number of benzene rings is 2. The largest absolute Gasteiger partial charge is 0.490 e. The Balaban J connectivity index is 1.79. The van der Waals surface area contributed by atoms with Crippen molar-refractivity contribution < 1.29 is 14.6 Å². The molecule has 1 aliphatic rings. The third-order valence-electron chi connectivity index (χ3n) is 6.33. The lowest BCUT2D eigenvalue weighted by molar-refractivity contribution is -0.142. The van der Waals surface area contributed by atoms with Crippen LogP contribution in [0.2, 0.25) is 5.02 Å². The van der Waals surface area contributed by atoms with E-state index in [1.807, 2.05) is 0 Å². The highest BCUT2D eigenvalue weighted by atomic mass is 35.5. The molecule has 4 rings (SSSR count). The molecule has 0 unspecified atom stereocenters. The number of aromatic amines is 1. The molecular formula is C25H27ClN4O5. The topological polar surface area (TPSA) is 119 Å². The first-order valence-corrected chi connectivity index (χ1v) is 11.8. The van der Waals surface area contributed by atoms with E-state index >= 15 is 0 Å². The number of nitrogens with zero attached hydrogens (tertiary/aromatic N) is 3. The van der Waals surface area contributed by atoms with E-state index in [-0.39, 0.29) is 18.3 Å². The molecule has 1 saturated carbocycles. The zero-order chi connectivity index (χ0) is 25.1. The first-order chi connectivity index (χ1) is 16.7. The third-order valence-corrected chi connectivity index (χ3v) is 6.58. The molecule has 10 heteroatoms. The predicted octanol–water partition coefficient (Wildman–Crippen LogP) is 3.49. The second-order valence-corrected chi connectivity index (χ2v) is 9.20. The van der Waals surface area contributed by atoms with Crippen LogP contribution in [0.5, 0.6) is 5.75 Å². The molecule has 2 N–H and O–H groups in total. The fraction of sp³-hybridized carbons (Fsp3) is 0.360. The van der Waals surface area contributed by atoms with E-state index in [1.165, 1.54) is 24.8 Å². The van der Waals surface area contributed by atoms with Crippen molar-refractivity contribution in [2.24, 2.45) is 10.9 Å². The van der Waals surface area contributed by atoms with Gasteiger partial charge in [0.2, 0.25) is 5.62 Å². The smallest absolute Gasteiger partial charge is 0.335 e.